The Bertz CT molecular complexity index is 567. The quantitative estimate of drug-likeness (QED) is 0.672. The number of esters is 1. The van der Waals surface area contributed by atoms with E-state index >= 15 is 0 Å². The molecule has 0 atom stereocenters. The lowest BCUT2D eigenvalue weighted by Gasteiger charge is -2.32. The van der Waals surface area contributed by atoms with Crippen LogP contribution < -0.4 is 10.6 Å². The third-order valence-corrected chi connectivity index (χ3v) is 3.57. The molecular formula is C14H15F3N2O3. The van der Waals surface area contributed by atoms with Crippen LogP contribution in [0.25, 0.3) is 0 Å². The lowest BCUT2D eigenvalue weighted by molar-refractivity contribution is -0.142. The molecule has 8 heteroatoms. The number of carbonyl (C=O) groups is 2. The molecule has 0 spiro atoms. The zero-order valence-corrected chi connectivity index (χ0v) is 11.6. The number of benzene rings is 1. The van der Waals surface area contributed by atoms with Gasteiger partial charge in [0, 0.05) is 18.8 Å². The Morgan fingerprint density at radius 1 is 1.23 bits per heavy atom. The van der Waals surface area contributed by atoms with Crippen molar-refractivity contribution in [3.05, 3.63) is 29.8 Å². The molecule has 120 valence electrons. The molecule has 1 aliphatic rings. The summed E-state index contributed by atoms with van der Waals surface area (Å²) >= 11 is 0. The number of piperidine rings is 1. The average Bonchev–Trinajstić information content (AvgIpc) is 2.46. The second-order valence-corrected chi connectivity index (χ2v) is 5.05. The minimum atomic E-state index is -4.39. The van der Waals surface area contributed by atoms with Gasteiger partial charge in [0.15, 0.2) is 0 Å². The molecule has 1 aromatic rings. The van der Waals surface area contributed by atoms with Crippen LogP contribution in [0.2, 0.25) is 0 Å². The van der Waals surface area contributed by atoms with E-state index in [-0.39, 0.29) is 0 Å². The van der Waals surface area contributed by atoms with E-state index in [1.54, 1.807) is 11.0 Å². The smallest absolute Gasteiger partial charge is 0.376 e. The van der Waals surface area contributed by atoms with Gasteiger partial charge in [-0.15, -0.1) is 0 Å². The summed E-state index contributed by atoms with van der Waals surface area (Å²) in [4.78, 5) is 23.8. The number of ether oxygens (including phenoxy) is 1. The fraction of sp³-hybridized carbons (Fsp3) is 0.429. The Balaban J connectivity index is 2.00. The van der Waals surface area contributed by atoms with Crippen molar-refractivity contribution in [1.29, 1.82) is 0 Å². The van der Waals surface area contributed by atoms with Crippen LogP contribution in [0.5, 0.6) is 0 Å². The van der Waals surface area contributed by atoms with E-state index in [1.165, 1.54) is 6.07 Å². The lowest BCUT2D eigenvalue weighted by Crippen LogP contribution is -2.38. The Morgan fingerprint density at radius 2 is 1.86 bits per heavy atom. The summed E-state index contributed by atoms with van der Waals surface area (Å²) in [6.45, 7) is 0.805. The Kier molecular flexibility index (Phi) is 4.58. The molecule has 1 heterocycles. The van der Waals surface area contributed by atoms with Gasteiger partial charge < -0.3 is 15.4 Å². The first-order valence-electron chi connectivity index (χ1n) is 6.70. The summed E-state index contributed by atoms with van der Waals surface area (Å²) in [5, 5.41) is 0. The predicted molar refractivity (Wildman–Crippen MR) is 72.1 cm³/mol. The third-order valence-electron chi connectivity index (χ3n) is 3.57. The number of primary amides is 1. The van der Waals surface area contributed by atoms with E-state index in [0.717, 1.165) is 12.1 Å². The number of nitrogens with two attached hydrogens (primary N) is 1. The highest BCUT2D eigenvalue weighted by atomic mass is 19.4. The van der Waals surface area contributed by atoms with Crippen molar-refractivity contribution in [2.45, 2.75) is 19.0 Å². The minimum Gasteiger partial charge on any atom is -0.376 e. The first kappa shape index (κ1) is 16.1. The normalized spacial score (nSPS) is 16.4. The average molecular weight is 316 g/mol. The molecule has 0 aromatic heterocycles. The molecule has 1 amide bonds. The number of amides is 1. The van der Waals surface area contributed by atoms with Gasteiger partial charge in [-0.25, -0.2) is 4.79 Å². The van der Waals surface area contributed by atoms with Crippen molar-refractivity contribution in [1.82, 2.24) is 0 Å². The van der Waals surface area contributed by atoms with E-state index in [9.17, 15) is 22.8 Å². The Morgan fingerprint density at radius 3 is 2.41 bits per heavy atom. The van der Waals surface area contributed by atoms with Gasteiger partial charge in [-0.1, -0.05) is 6.07 Å². The van der Waals surface area contributed by atoms with E-state index in [1.807, 2.05) is 0 Å². The van der Waals surface area contributed by atoms with Crippen LogP contribution in [0.3, 0.4) is 0 Å². The Hall–Kier alpha value is -2.25. The van der Waals surface area contributed by atoms with Gasteiger partial charge in [0.25, 0.3) is 0 Å². The minimum absolute atomic E-state index is 0.391. The maximum Gasteiger partial charge on any atom is 0.416 e. The molecule has 1 saturated heterocycles. The zero-order valence-electron chi connectivity index (χ0n) is 11.6. The van der Waals surface area contributed by atoms with E-state index < -0.39 is 29.7 Å². The summed E-state index contributed by atoms with van der Waals surface area (Å²) in [5.41, 5.74) is 4.52. The molecule has 1 aliphatic heterocycles. The van der Waals surface area contributed by atoms with Gasteiger partial charge in [0.2, 0.25) is 0 Å². The highest BCUT2D eigenvalue weighted by Crippen LogP contribution is 2.32. The number of hydrogen-bond acceptors (Lipinski definition) is 4. The molecule has 1 aromatic carbocycles. The van der Waals surface area contributed by atoms with Crippen molar-refractivity contribution >= 4 is 17.7 Å². The van der Waals surface area contributed by atoms with Crippen molar-refractivity contribution in [3.8, 4) is 0 Å². The number of alkyl halides is 3. The predicted octanol–water partition coefficient (Wildman–Crippen LogP) is 2.54. The Labute approximate surface area is 124 Å². The second-order valence-electron chi connectivity index (χ2n) is 5.05. The fourth-order valence-electron chi connectivity index (χ4n) is 2.43. The number of carbonyl (C=O) groups excluding carboxylic acids is 2. The number of rotatable bonds is 2. The summed E-state index contributed by atoms with van der Waals surface area (Å²) < 4.78 is 42.4. The molecule has 0 aliphatic carbocycles. The first-order valence-corrected chi connectivity index (χ1v) is 6.70. The van der Waals surface area contributed by atoms with E-state index in [4.69, 9.17) is 5.73 Å². The standard InChI is InChI=1S/C14H15F3N2O3/c15-14(16,17)10-2-1-3-11(8-10)19-6-4-9(5-7-19)12(20)22-13(18)21/h1-3,8-9H,4-7H2,(H2,18,21). The summed E-state index contributed by atoms with van der Waals surface area (Å²) in [6.07, 6.45) is -4.75. The molecule has 0 unspecified atom stereocenters. The van der Waals surface area contributed by atoms with Crippen molar-refractivity contribution in [2.24, 2.45) is 11.7 Å². The van der Waals surface area contributed by atoms with Crippen molar-refractivity contribution in [3.63, 3.8) is 0 Å². The van der Waals surface area contributed by atoms with Gasteiger partial charge in [-0.05, 0) is 31.0 Å². The van der Waals surface area contributed by atoms with E-state index in [0.29, 0.717) is 31.6 Å². The lowest BCUT2D eigenvalue weighted by atomic mass is 9.96. The number of halogens is 3. The van der Waals surface area contributed by atoms with Gasteiger partial charge in [-0.2, -0.15) is 13.2 Å². The van der Waals surface area contributed by atoms with Crippen LogP contribution in [0.15, 0.2) is 24.3 Å². The number of anilines is 1. The van der Waals surface area contributed by atoms with Crippen LogP contribution in [0.1, 0.15) is 18.4 Å². The largest absolute Gasteiger partial charge is 0.416 e. The summed E-state index contributed by atoms with van der Waals surface area (Å²) in [5.74, 6) is -1.15. The molecule has 22 heavy (non-hydrogen) atoms. The number of hydrogen-bond donors (Lipinski definition) is 1. The van der Waals surface area contributed by atoms with Crippen LogP contribution in [0, 0.1) is 5.92 Å². The maximum absolute atomic E-state index is 12.7. The highest BCUT2D eigenvalue weighted by molar-refractivity contribution is 5.85. The van der Waals surface area contributed by atoms with Crippen LogP contribution in [-0.2, 0) is 15.7 Å². The monoisotopic (exact) mass is 316 g/mol. The van der Waals surface area contributed by atoms with E-state index in [2.05, 4.69) is 4.74 Å². The molecule has 1 fully saturated rings. The SMILES string of the molecule is NC(=O)OC(=O)C1CCN(c2cccc(C(F)(F)F)c2)CC1. The maximum atomic E-state index is 12.7. The molecule has 0 radical (unpaired) electrons. The fourth-order valence-corrected chi connectivity index (χ4v) is 2.43. The van der Waals surface area contributed by atoms with Crippen LogP contribution in [0.4, 0.5) is 23.7 Å². The zero-order chi connectivity index (χ0) is 16.3. The molecule has 2 rings (SSSR count). The molecule has 0 bridgehead atoms. The highest BCUT2D eigenvalue weighted by Gasteiger charge is 2.32. The van der Waals surface area contributed by atoms with Crippen LogP contribution >= 0.6 is 0 Å². The summed E-state index contributed by atoms with van der Waals surface area (Å²) in [7, 11) is 0. The topological polar surface area (TPSA) is 72.6 Å². The molecular weight excluding hydrogens is 301 g/mol. The summed E-state index contributed by atoms with van der Waals surface area (Å²) in [6, 6.07) is 5.05. The van der Waals surface area contributed by atoms with Crippen LogP contribution in [-0.4, -0.2) is 25.2 Å². The van der Waals surface area contributed by atoms with Gasteiger partial charge in [-0.3, -0.25) is 4.79 Å². The third kappa shape index (κ3) is 3.90. The van der Waals surface area contributed by atoms with Gasteiger partial charge in [0.1, 0.15) is 0 Å². The first-order chi connectivity index (χ1) is 10.3. The van der Waals surface area contributed by atoms with Gasteiger partial charge in [0.05, 0.1) is 11.5 Å². The molecule has 2 N–H and O–H groups in total. The molecule has 0 saturated carbocycles. The number of nitrogens with zero attached hydrogens (tertiary/aromatic N) is 1. The van der Waals surface area contributed by atoms with Crippen molar-refractivity contribution in [2.75, 3.05) is 18.0 Å². The van der Waals surface area contributed by atoms with Gasteiger partial charge >= 0.3 is 18.2 Å². The van der Waals surface area contributed by atoms with Crippen molar-refractivity contribution < 1.29 is 27.5 Å². The molecule has 5 nitrogen and oxygen atoms in total. The second kappa shape index (κ2) is 6.25.